The van der Waals surface area contributed by atoms with Crippen molar-refractivity contribution < 1.29 is 9.59 Å². The lowest BCUT2D eigenvalue weighted by Gasteiger charge is -2.35. The third-order valence-corrected chi connectivity index (χ3v) is 7.62. The molecule has 3 heteroatoms. The van der Waals surface area contributed by atoms with Crippen LogP contribution < -0.4 is 0 Å². The Kier molecular flexibility index (Phi) is 16.3. The Hall–Kier alpha value is -0.860. The fraction of sp³-hybridized carbons (Fsp3) is 0.926. The first kappa shape index (κ1) is 29.1. The molecule has 0 aromatic carbocycles. The van der Waals surface area contributed by atoms with Gasteiger partial charge in [0, 0.05) is 24.9 Å². The molecular formula is C27H53NO2. The van der Waals surface area contributed by atoms with Gasteiger partial charge in [0.1, 0.15) is 5.78 Å². The van der Waals surface area contributed by atoms with Crippen molar-refractivity contribution in [3.05, 3.63) is 0 Å². The van der Waals surface area contributed by atoms with Gasteiger partial charge in [-0.1, -0.05) is 80.1 Å². The molecule has 0 radical (unpaired) electrons. The van der Waals surface area contributed by atoms with Crippen LogP contribution in [0.4, 0.5) is 0 Å². The largest absolute Gasteiger partial charge is 0.343 e. The Balaban J connectivity index is 0.000000648. The van der Waals surface area contributed by atoms with Crippen molar-refractivity contribution in [3.63, 3.8) is 0 Å². The molecule has 0 saturated heterocycles. The molecule has 1 unspecified atom stereocenters. The molecule has 178 valence electrons. The number of Topliss-reactive ketones (excluding diaryl/α,β-unsaturated/α-hetero) is 1. The van der Waals surface area contributed by atoms with Gasteiger partial charge in [-0.15, -0.1) is 0 Å². The van der Waals surface area contributed by atoms with Crippen LogP contribution in [0.1, 0.15) is 126 Å². The number of nitrogens with zero attached hydrogens (tertiary/aromatic N) is 1. The fourth-order valence-corrected chi connectivity index (χ4v) is 5.11. The third kappa shape index (κ3) is 9.96. The van der Waals surface area contributed by atoms with E-state index in [-0.39, 0.29) is 11.8 Å². The Morgan fingerprint density at radius 2 is 1.27 bits per heavy atom. The van der Waals surface area contributed by atoms with Crippen molar-refractivity contribution in [2.75, 3.05) is 7.05 Å². The molecule has 1 atom stereocenters. The van der Waals surface area contributed by atoms with Gasteiger partial charge >= 0.3 is 0 Å². The maximum Gasteiger partial charge on any atom is 0.225 e. The van der Waals surface area contributed by atoms with Crippen molar-refractivity contribution in [3.8, 4) is 0 Å². The fourth-order valence-electron chi connectivity index (χ4n) is 5.11. The van der Waals surface area contributed by atoms with Gasteiger partial charge in [0.05, 0.1) is 0 Å². The lowest BCUT2D eigenvalue weighted by atomic mass is 9.79. The molecule has 30 heavy (non-hydrogen) atoms. The molecule has 0 spiro atoms. The molecule has 2 saturated carbocycles. The average Bonchev–Trinajstić information content (AvgIpc) is 2.81. The van der Waals surface area contributed by atoms with Crippen LogP contribution >= 0.6 is 0 Å². The minimum absolute atomic E-state index is 0.169. The first-order valence-corrected chi connectivity index (χ1v) is 13.1. The Morgan fingerprint density at radius 3 is 1.63 bits per heavy atom. The van der Waals surface area contributed by atoms with Crippen LogP contribution in [0.2, 0.25) is 0 Å². The third-order valence-electron chi connectivity index (χ3n) is 7.62. The summed E-state index contributed by atoms with van der Waals surface area (Å²) in [7, 11) is 1.98. The number of hydrogen-bond donors (Lipinski definition) is 0. The topological polar surface area (TPSA) is 37.4 Å². The molecule has 2 fully saturated rings. The molecule has 2 rings (SSSR count). The predicted octanol–water partition coefficient (Wildman–Crippen LogP) is 7.67. The summed E-state index contributed by atoms with van der Waals surface area (Å²) in [4.78, 5) is 25.9. The lowest BCUT2D eigenvalue weighted by Crippen LogP contribution is -2.42. The van der Waals surface area contributed by atoms with Gasteiger partial charge in [-0.2, -0.15) is 0 Å². The highest BCUT2D eigenvalue weighted by Gasteiger charge is 2.32. The standard InChI is InChI=1S/C16H27NO2.C9H20.C2H6/c1-12(18)13-8-10-14(11-9-13)16(19)17(2)15-6-4-3-5-7-15;1-5-8(4)9(6-2)7-3;1-2/h13-15H,3-11H2,1-2H3;8-9H,5-7H2,1-4H3;1-2H3. The SMILES string of the molecule is CC.CC(=O)C1CCC(C(=O)N(C)C2CCCCC2)CC1.CCC(C)C(CC)CC. The lowest BCUT2D eigenvalue weighted by molar-refractivity contribution is -0.139. The highest BCUT2D eigenvalue weighted by atomic mass is 16.2. The highest BCUT2D eigenvalue weighted by molar-refractivity contribution is 5.81. The maximum atomic E-state index is 12.5. The van der Waals surface area contributed by atoms with E-state index in [1.165, 1.54) is 51.4 Å². The van der Waals surface area contributed by atoms with E-state index >= 15 is 0 Å². The maximum absolute atomic E-state index is 12.5. The number of carbonyl (C=O) groups excluding carboxylic acids is 2. The average molecular weight is 424 g/mol. The van der Waals surface area contributed by atoms with Gasteiger partial charge < -0.3 is 4.90 Å². The van der Waals surface area contributed by atoms with Crippen LogP contribution in [-0.2, 0) is 9.59 Å². The van der Waals surface area contributed by atoms with Crippen molar-refractivity contribution in [1.82, 2.24) is 4.90 Å². The van der Waals surface area contributed by atoms with E-state index in [2.05, 4.69) is 27.7 Å². The quantitative estimate of drug-likeness (QED) is 0.421. The predicted molar refractivity (Wildman–Crippen MR) is 131 cm³/mol. The zero-order valence-electron chi connectivity index (χ0n) is 21.6. The molecule has 0 aromatic rings. The molecule has 1 amide bonds. The van der Waals surface area contributed by atoms with E-state index in [0.717, 1.165) is 37.5 Å². The van der Waals surface area contributed by atoms with Crippen molar-refractivity contribution >= 4 is 11.7 Å². The van der Waals surface area contributed by atoms with Gasteiger partial charge in [0.15, 0.2) is 0 Å². The second-order valence-electron chi connectivity index (χ2n) is 9.36. The van der Waals surface area contributed by atoms with E-state index in [1.807, 2.05) is 25.8 Å². The molecule has 2 aliphatic carbocycles. The summed E-state index contributed by atoms with van der Waals surface area (Å²) in [6.07, 6.45) is 13.9. The number of rotatable bonds is 7. The summed E-state index contributed by atoms with van der Waals surface area (Å²) >= 11 is 0. The van der Waals surface area contributed by atoms with Crippen molar-refractivity contribution in [1.29, 1.82) is 0 Å². The van der Waals surface area contributed by atoms with Crippen LogP contribution in [0.25, 0.3) is 0 Å². The molecule has 0 aliphatic heterocycles. The van der Waals surface area contributed by atoms with Crippen LogP contribution in [0.3, 0.4) is 0 Å². The summed E-state index contributed by atoms with van der Waals surface area (Å²) in [5.41, 5.74) is 0. The Bertz CT molecular complexity index is 444. The highest BCUT2D eigenvalue weighted by Crippen LogP contribution is 2.32. The van der Waals surface area contributed by atoms with E-state index in [1.54, 1.807) is 6.92 Å². The van der Waals surface area contributed by atoms with Gasteiger partial charge in [-0.25, -0.2) is 0 Å². The monoisotopic (exact) mass is 423 g/mol. The minimum atomic E-state index is 0.169. The molecule has 0 aromatic heterocycles. The number of ketones is 1. The molecule has 0 bridgehead atoms. The Morgan fingerprint density at radius 1 is 0.800 bits per heavy atom. The first-order chi connectivity index (χ1) is 14.3. The van der Waals surface area contributed by atoms with Crippen LogP contribution in [-0.4, -0.2) is 29.7 Å². The van der Waals surface area contributed by atoms with Crippen LogP contribution in [0.15, 0.2) is 0 Å². The van der Waals surface area contributed by atoms with E-state index in [0.29, 0.717) is 17.7 Å². The van der Waals surface area contributed by atoms with Gasteiger partial charge in [0.25, 0.3) is 0 Å². The minimum Gasteiger partial charge on any atom is -0.343 e. The summed E-state index contributed by atoms with van der Waals surface area (Å²) < 4.78 is 0. The van der Waals surface area contributed by atoms with E-state index in [9.17, 15) is 9.59 Å². The summed E-state index contributed by atoms with van der Waals surface area (Å²) in [5.74, 6) is 2.90. The van der Waals surface area contributed by atoms with Crippen LogP contribution in [0, 0.1) is 23.7 Å². The smallest absolute Gasteiger partial charge is 0.225 e. The summed E-state index contributed by atoms with van der Waals surface area (Å²) in [5, 5.41) is 0. The van der Waals surface area contributed by atoms with Gasteiger partial charge in [-0.05, 0) is 57.3 Å². The molecule has 2 aliphatic rings. The molecular weight excluding hydrogens is 370 g/mol. The molecule has 0 heterocycles. The normalized spacial score (nSPS) is 22.8. The Labute approximate surface area is 188 Å². The summed E-state index contributed by atoms with van der Waals surface area (Å²) in [6, 6.07) is 0.465. The zero-order chi connectivity index (χ0) is 23.1. The van der Waals surface area contributed by atoms with Gasteiger partial charge in [-0.3, -0.25) is 9.59 Å². The number of amides is 1. The van der Waals surface area contributed by atoms with E-state index in [4.69, 9.17) is 0 Å². The van der Waals surface area contributed by atoms with E-state index < -0.39 is 0 Å². The van der Waals surface area contributed by atoms with Gasteiger partial charge in [0.2, 0.25) is 5.91 Å². The second-order valence-corrected chi connectivity index (χ2v) is 9.36. The van der Waals surface area contributed by atoms with Crippen molar-refractivity contribution in [2.24, 2.45) is 23.7 Å². The summed E-state index contributed by atoms with van der Waals surface area (Å²) in [6.45, 7) is 14.9. The molecule has 3 nitrogen and oxygen atoms in total. The van der Waals surface area contributed by atoms with Crippen molar-refractivity contribution in [2.45, 2.75) is 132 Å². The number of carbonyl (C=O) groups is 2. The molecule has 0 N–H and O–H groups in total. The number of hydrogen-bond acceptors (Lipinski definition) is 2. The second kappa shape index (κ2) is 16.8. The van der Waals surface area contributed by atoms with Crippen LogP contribution in [0.5, 0.6) is 0 Å². The zero-order valence-corrected chi connectivity index (χ0v) is 21.6. The first-order valence-electron chi connectivity index (χ1n) is 13.1.